The molecule has 0 saturated heterocycles. The molecule has 1 aromatic carbocycles. The highest BCUT2D eigenvalue weighted by Gasteiger charge is 2.33. The summed E-state index contributed by atoms with van der Waals surface area (Å²) < 4.78 is 12.7. The average Bonchev–Trinajstić information content (AvgIpc) is 2.44. The van der Waals surface area contributed by atoms with Crippen molar-refractivity contribution >= 4 is 11.5 Å². The third-order valence-electron chi connectivity index (χ3n) is 2.06. The summed E-state index contributed by atoms with van der Waals surface area (Å²) in [6.45, 7) is 0. The van der Waals surface area contributed by atoms with Gasteiger partial charge in [-0.1, -0.05) is 6.07 Å². The lowest BCUT2D eigenvalue weighted by atomic mass is 10.1. The van der Waals surface area contributed by atoms with E-state index < -0.39 is 11.6 Å². The van der Waals surface area contributed by atoms with Gasteiger partial charge in [-0.05, 0) is 17.7 Å². The standard InChI is InChI=1S/C9H5FN2O/c10-6-2-1-5-3-8(12-11)9(13)7(5)4-6/h1-2,4H,3H2. The maximum absolute atomic E-state index is 12.7. The summed E-state index contributed by atoms with van der Waals surface area (Å²) in [6.07, 6.45) is 0.283. The molecule has 2 rings (SSSR count). The molecular weight excluding hydrogens is 171 g/mol. The summed E-state index contributed by atoms with van der Waals surface area (Å²) in [5.41, 5.74) is 9.53. The first-order chi connectivity index (χ1) is 6.22. The third-order valence-corrected chi connectivity index (χ3v) is 2.06. The largest absolute Gasteiger partial charge is 0.361 e. The summed E-state index contributed by atoms with van der Waals surface area (Å²) in [4.78, 5) is 14.2. The molecule has 1 aliphatic rings. The maximum atomic E-state index is 12.7. The Labute approximate surface area is 73.4 Å². The van der Waals surface area contributed by atoms with Crippen LogP contribution in [0.3, 0.4) is 0 Å². The molecule has 0 saturated carbocycles. The molecule has 0 unspecified atom stereocenters. The second-order valence-corrected chi connectivity index (χ2v) is 2.85. The topological polar surface area (TPSA) is 53.5 Å². The molecule has 0 N–H and O–H groups in total. The molecule has 0 aromatic heterocycles. The van der Waals surface area contributed by atoms with Gasteiger partial charge in [0.05, 0.1) is 6.42 Å². The summed E-state index contributed by atoms with van der Waals surface area (Å²) in [6, 6.07) is 3.98. The fourth-order valence-corrected chi connectivity index (χ4v) is 1.41. The van der Waals surface area contributed by atoms with E-state index in [4.69, 9.17) is 5.53 Å². The molecule has 1 aromatic rings. The van der Waals surface area contributed by atoms with Crippen LogP contribution in [0.4, 0.5) is 4.39 Å². The van der Waals surface area contributed by atoms with Crippen molar-refractivity contribution in [2.75, 3.05) is 0 Å². The van der Waals surface area contributed by atoms with Gasteiger partial charge < -0.3 is 5.53 Å². The van der Waals surface area contributed by atoms with E-state index in [2.05, 4.69) is 4.79 Å². The number of benzene rings is 1. The average molecular weight is 176 g/mol. The Morgan fingerprint density at radius 3 is 2.92 bits per heavy atom. The van der Waals surface area contributed by atoms with Crippen molar-refractivity contribution in [1.82, 2.24) is 0 Å². The van der Waals surface area contributed by atoms with E-state index in [0.29, 0.717) is 11.1 Å². The minimum Gasteiger partial charge on any atom is -0.361 e. The smallest absolute Gasteiger partial charge is 0.343 e. The normalized spacial score (nSPS) is 14.2. The van der Waals surface area contributed by atoms with E-state index in [1.54, 1.807) is 0 Å². The van der Waals surface area contributed by atoms with Gasteiger partial charge in [-0.3, -0.25) is 4.79 Å². The number of carbonyl (C=O) groups excluding carboxylic acids is 1. The molecule has 0 fully saturated rings. The van der Waals surface area contributed by atoms with Crippen LogP contribution < -0.4 is 0 Å². The molecule has 1 aliphatic carbocycles. The van der Waals surface area contributed by atoms with Gasteiger partial charge in [0.15, 0.2) is 0 Å². The van der Waals surface area contributed by atoms with Gasteiger partial charge in [0, 0.05) is 5.56 Å². The van der Waals surface area contributed by atoms with Gasteiger partial charge in [-0.2, -0.15) is 4.79 Å². The lowest BCUT2D eigenvalue weighted by Gasteiger charge is -1.93. The zero-order chi connectivity index (χ0) is 9.42. The quantitative estimate of drug-likeness (QED) is 0.433. The van der Waals surface area contributed by atoms with Crippen molar-refractivity contribution in [2.24, 2.45) is 0 Å². The molecular formula is C9H5FN2O. The molecule has 13 heavy (non-hydrogen) atoms. The van der Waals surface area contributed by atoms with Crippen LogP contribution in [0, 0.1) is 5.82 Å². The third kappa shape index (κ3) is 1.08. The van der Waals surface area contributed by atoms with Crippen LogP contribution in [0.5, 0.6) is 0 Å². The number of nitrogens with zero attached hydrogens (tertiary/aromatic N) is 2. The van der Waals surface area contributed by atoms with E-state index in [1.165, 1.54) is 12.1 Å². The van der Waals surface area contributed by atoms with Crippen LogP contribution in [0.15, 0.2) is 18.2 Å². The zero-order valence-electron chi connectivity index (χ0n) is 6.62. The predicted octanol–water partition coefficient (Wildman–Crippen LogP) is 1.24. The van der Waals surface area contributed by atoms with Crippen LogP contribution in [0.1, 0.15) is 15.9 Å². The number of Topliss-reactive ketones (excluding diaryl/α,β-unsaturated/α-hetero) is 1. The number of hydrogen-bond acceptors (Lipinski definition) is 1. The van der Waals surface area contributed by atoms with E-state index in [-0.39, 0.29) is 12.1 Å². The fourth-order valence-electron chi connectivity index (χ4n) is 1.41. The van der Waals surface area contributed by atoms with Gasteiger partial charge >= 0.3 is 5.71 Å². The fraction of sp³-hybridized carbons (Fsp3) is 0.111. The first-order valence-corrected chi connectivity index (χ1v) is 3.76. The van der Waals surface area contributed by atoms with Crippen molar-refractivity contribution in [3.63, 3.8) is 0 Å². The molecule has 0 amide bonds. The molecule has 0 atom stereocenters. The van der Waals surface area contributed by atoms with Crippen molar-refractivity contribution < 1.29 is 14.0 Å². The van der Waals surface area contributed by atoms with E-state index in [1.807, 2.05) is 0 Å². The van der Waals surface area contributed by atoms with Crippen LogP contribution in [0.2, 0.25) is 0 Å². The molecule has 0 heterocycles. The van der Waals surface area contributed by atoms with Crippen molar-refractivity contribution in [1.29, 1.82) is 0 Å². The first kappa shape index (κ1) is 7.83. The van der Waals surface area contributed by atoms with Crippen molar-refractivity contribution in [2.45, 2.75) is 6.42 Å². The number of fused-ring (bicyclic) bond motifs is 1. The molecule has 0 radical (unpaired) electrons. The molecule has 3 nitrogen and oxygen atoms in total. The first-order valence-electron chi connectivity index (χ1n) is 3.76. The highest BCUT2D eigenvalue weighted by atomic mass is 19.1. The lowest BCUT2D eigenvalue weighted by Crippen LogP contribution is -2.08. The molecule has 0 aliphatic heterocycles. The van der Waals surface area contributed by atoms with Gasteiger partial charge in [-0.25, -0.2) is 4.39 Å². The van der Waals surface area contributed by atoms with Crippen LogP contribution in [-0.2, 0) is 6.42 Å². The maximum Gasteiger partial charge on any atom is 0.343 e. The van der Waals surface area contributed by atoms with E-state index in [9.17, 15) is 9.18 Å². The highest BCUT2D eigenvalue weighted by molar-refractivity contribution is 6.47. The van der Waals surface area contributed by atoms with Gasteiger partial charge in [0.1, 0.15) is 5.82 Å². The predicted molar refractivity (Wildman–Crippen MR) is 43.1 cm³/mol. The van der Waals surface area contributed by atoms with Crippen molar-refractivity contribution in [3.05, 3.63) is 40.7 Å². The number of carbonyl (C=O) groups is 1. The molecule has 0 bridgehead atoms. The number of halogens is 1. The Hall–Kier alpha value is -1.80. The Balaban J connectivity index is 2.63. The Morgan fingerprint density at radius 1 is 1.46 bits per heavy atom. The van der Waals surface area contributed by atoms with Crippen LogP contribution >= 0.6 is 0 Å². The molecule has 0 spiro atoms. The summed E-state index contributed by atoms with van der Waals surface area (Å²) in [7, 11) is 0. The van der Waals surface area contributed by atoms with E-state index >= 15 is 0 Å². The number of hydrogen-bond donors (Lipinski definition) is 0. The lowest BCUT2D eigenvalue weighted by molar-refractivity contribution is -0.00761. The summed E-state index contributed by atoms with van der Waals surface area (Å²) in [5.74, 6) is -0.844. The molecule has 4 heteroatoms. The second-order valence-electron chi connectivity index (χ2n) is 2.85. The van der Waals surface area contributed by atoms with Gasteiger partial charge in [0.2, 0.25) is 0 Å². The Morgan fingerprint density at radius 2 is 2.23 bits per heavy atom. The second kappa shape index (κ2) is 2.61. The minimum absolute atomic E-state index is 0.0700. The van der Waals surface area contributed by atoms with Gasteiger partial charge in [0.25, 0.3) is 5.78 Å². The van der Waals surface area contributed by atoms with Crippen LogP contribution in [0.25, 0.3) is 5.53 Å². The monoisotopic (exact) mass is 176 g/mol. The summed E-state index contributed by atoms with van der Waals surface area (Å²) in [5, 5.41) is 0. The molecule has 64 valence electrons. The van der Waals surface area contributed by atoms with E-state index in [0.717, 1.165) is 6.07 Å². The van der Waals surface area contributed by atoms with Crippen molar-refractivity contribution in [3.8, 4) is 0 Å². The Kier molecular flexibility index (Phi) is 1.57. The number of ketones is 1. The SMILES string of the molecule is [N-]=[N+]=C1Cc2ccc(F)cc2C1=O. The number of rotatable bonds is 0. The summed E-state index contributed by atoms with van der Waals surface area (Å²) >= 11 is 0. The minimum atomic E-state index is -0.453. The zero-order valence-corrected chi connectivity index (χ0v) is 6.62. The highest BCUT2D eigenvalue weighted by Crippen LogP contribution is 2.20. The van der Waals surface area contributed by atoms with Gasteiger partial charge in [-0.15, -0.1) is 0 Å². The van der Waals surface area contributed by atoms with Crippen LogP contribution in [-0.4, -0.2) is 16.3 Å². The Bertz CT molecular complexity index is 447.